The van der Waals surface area contributed by atoms with E-state index < -0.39 is 0 Å². The van der Waals surface area contributed by atoms with Gasteiger partial charge < -0.3 is 10.2 Å². The van der Waals surface area contributed by atoms with Gasteiger partial charge in [0.1, 0.15) is 5.82 Å². The lowest BCUT2D eigenvalue weighted by atomic mass is 10.0. The number of rotatable bonds is 7. The van der Waals surface area contributed by atoms with Crippen molar-refractivity contribution < 1.29 is 4.79 Å². The first-order chi connectivity index (χ1) is 18.4. The molecular weight excluding hydrogens is 540 g/mol. The van der Waals surface area contributed by atoms with E-state index in [4.69, 9.17) is 4.98 Å². The summed E-state index contributed by atoms with van der Waals surface area (Å²) >= 11 is 3.47. The molecule has 0 unspecified atom stereocenters. The predicted octanol–water partition coefficient (Wildman–Crippen LogP) is 5.20. The van der Waals surface area contributed by atoms with E-state index in [1.54, 1.807) is 18.6 Å². The Hall–Kier alpha value is -3.46. The molecule has 2 aromatic carbocycles. The van der Waals surface area contributed by atoms with Crippen LogP contribution < -0.4 is 5.32 Å². The maximum Gasteiger partial charge on any atom is 0.255 e. The van der Waals surface area contributed by atoms with Crippen LogP contribution in [0.4, 0.5) is 5.69 Å². The van der Waals surface area contributed by atoms with E-state index in [0.717, 1.165) is 65.3 Å². The van der Waals surface area contributed by atoms with Crippen molar-refractivity contribution in [2.24, 2.45) is 0 Å². The van der Waals surface area contributed by atoms with E-state index in [1.165, 1.54) is 5.56 Å². The van der Waals surface area contributed by atoms with Gasteiger partial charge in [0.25, 0.3) is 5.91 Å². The third-order valence-corrected chi connectivity index (χ3v) is 7.31. The summed E-state index contributed by atoms with van der Waals surface area (Å²) in [5, 5.41) is 3.05. The SMILES string of the molecule is Cc1ccc(NC(=O)c2ccc(CN3CCN(C)CC3)cc2)cc1Cc1nccc(-c2cncc(Br)c2)n1. The Morgan fingerprint density at radius 2 is 1.79 bits per heavy atom. The summed E-state index contributed by atoms with van der Waals surface area (Å²) in [4.78, 5) is 31.2. The number of aryl methyl sites for hydroxylation is 1. The van der Waals surface area contributed by atoms with Crippen LogP contribution >= 0.6 is 15.9 Å². The van der Waals surface area contributed by atoms with Gasteiger partial charge in [-0.1, -0.05) is 18.2 Å². The standard InChI is InChI=1S/C30H31BrN6O/c1-21-3-8-27(16-24(21)17-29-33-10-9-28(35-29)25-15-26(31)19-32-18-25)34-30(38)23-6-4-22(5-7-23)20-37-13-11-36(2)12-14-37/h3-10,15-16,18-19H,11-14,17,20H2,1-2H3,(H,34,38). The Morgan fingerprint density at radius 1 is 1.00 bits per heavy atom. The maximum absolute atomic E-state index is 13.0. The van der Waals surface area contributed by atoms with Crippen LogP contribution in [0.25, 0.3) is 11.3 Å². The van der Waals surface area contributed by atoms with E-state index in [1.807, 2.05) is 42.5 Å². The highest BCUT2D eigenvalue weighted by atomic mass is 79.9. The lowest BCUT2D eigenvalue weighted by Crippen LogP contribution is -2.43. The second-order valence-corrected chi connectivity index (χ2v) is 10.7. The van der Waals surface area contributed by atoms with E-state index in [-0.39, 0.29) is 5.91 Å². The monoisotopic (exact) mass is 570 g/mol. The number of carbonyl (C=O) groups is 1. The largest absolute Gasteiger partial charge is 0.322 e. The summed E-state index contributed by atoms with van der Waals surface area (Å²) in [5.74, 6) is 0.594. The molecule has 1 fully saturated rings. The minimum Gasteiger partial charge on any atom is -0.322 e. The number of hydrogen-bond donors (Lipinski definition) is 1. The zero-order valence-corrected chi connectivity index (χ0v) is 23.3. The fourth-order valence-electron chi connectivity index (χ4n) is 4.54. The Labute approximate surface area is 232 Å². The van der Waals surface area contributed by atoms with Crippen molar-refractivity contribution in [3.8, 4) is 11.3 Å². The van der Waals surface area contributed by atoms with Gasteiger partial charge in [0.05, 0.1) is 5.69 Å². The van der Waals surface area contributed by atoms with Crippen molar-refractivity contribution in [3.05, 3.63) is 106 Å². The van der Waals surface area contributed by atoms with Gasteiger partial charge in [-0.05, 0) is 83.0 Å². The smallest absolute Gasteiger partial charge is 0.255 e. The number of carbonyl (C=O) groups excluding carboxylic acids is 1. The quantitative estimate of drug-likeness (QED) is 0.329. The summed E-state index contributed by atoms with van der Waals surface area (Å²) in [6.07, 6.45) is 5.87. The molecule has 3 heterocycles. The minimum atomic E-state index is -0.119. The lowest BCUT2D eigenvalue weighted by Gasteiger charge is -2.32. The molecule has 1 aliphatic heterocycles. The molecular formula is C30H31BrN6O. The summed E-state index contributed by atoms with van der Waals surface area (Å²) < 4.78 is 0.902. The molecule has 7 nitrogen and oxygen atoms in total. The molecule has 0 spiro atoms. The molecule has 2 aromatic heterocycles. The number of hydrogen-bond acceptors (Lipinski definition) is 6. The summed E-state index contributed by atoms with van der Waals surface area (Å²) in [6, 6.07) is 17.8. The van der Waals surface area contributed by atoms with Gasteiger partial charge in [-0.15, -0.1) is 0 Å². The van der Waals surface area contributed by atoms with Crippen molar-refractivity contribution in [1.82, 2.24) is 24.8 Å². The topological polar surface area (TPSA) is 74.2 Å². The average Bonchev–Trinajstić information content (AvgIpc) is 2.92. The number of likely N-dealkylation sites (N-methyl/N-ethyl adjacent to an activating group) is 1. The number of aromatic nitrogens is 3. The second kappa shape index (κ2) is 11.9. The number of anilines is 1. The molecule has 1 aliphatic rings. The molecule has 0 bridgehead atoms. The van der Waals surface area contributed by atoms with Crippen LogP contribution in [0.15, 0.2) is 77.7 Å². The Morgan fingerprint density at radius 3 is 2.55 bits per heavy atom. The van der Waals surface area contributed by atoms with Crippen LogP contribution in [0.1, 0.15) is 32.9 Å². The van der Waals surface area contributed by atoms with Crippen molar-refractivity contribution in [3.63, 3.8) is 0 Å². The zero-order valence-electron chi connectivity index (χ0n) is 21.7. The number of piperazine rings is 1. The summed E-state index contributed by atoms with van der Waals surface area (Å²) in [7, 11) is 2.16. The molecule has 4 aromatic rings. The molecule has 0 aliphatic carbocycles. The maximum atomic E-state index is 13.0. The van der Waals surface area contributed by atoms with Crippen molar-refractivity contribution in [2.75, 3.05) is 38.5 Å². The first-order valence-electron chi connectivity index (χ1n) is 12.8. The van der Waals surface area contributed by atoms with Gasteiger partial charge in [-0.3, -0.25) is 14.7 Å². The highest BCUT2D eigenvalue weighted by Crippen LogP contribution is 2.22. The van der Waals surface area contributed by atoms with Gasteiger partial charge in [0.2, 0.25) is 0 Å². The second-order valence-electron chi connectivity index (χ2n) is 9.80. The molecule has 1 amide bonds. The fourth-order valence-corrected chi connectivity index (χ4v) is 4.90. The Kier molecular flexibility index (Phi) is 8.22. The van der Waals surface area contributed by atoms with E-state index in [0.29, 0.717) is 17.8 Å². The van der Waals surface area contributed by atoms with Crippen molar-refractivity contribution in [2.45, 2.75) is 19.9 Å². The van der Waals surface area contributed by atoms with Crippen LogP contribution in [-0.4, -0.2) is 63.9 Å². The molecule has 1 N–H and O–H groups in total. The highest BCUT2D eigenvalue weighted by Gasteiger charge is 2.15. The molecule has 0 saturated carbocycles. The lowest BCUT2D eigenvalue weighted by molar-refractivity contribution is 0.102. The predicted molar refractivity (Wildman–Crippen MR) is 154 cm³/mol. The minimum absolute atomic E-state index is 0.119. The van der Waals surface area contributed by atoms with Crippen LogP contribution in [0.2, 0.25) is 0 Å². The molecule has 5 rings (SSSR count). The molecule has 38 heavy (non-hydrogen) atoms. The van der Waals surface area contributed by atoms with Gasteiger partial charge in [-0.2, -0.15) is 0 Å². The Balaban J connectivity index is 1.24. The van der Waals surface area contributed by atoms with Crippen molar-refractivity contribution in [1.29, 1.82) is 0 Å². The first kappa shape index (κ1) is 26.2. The van der Waals surface area contributed by atoms with Gasteiger partial charge in [-0.25, -0.2) is 9.97 Å². The van der Waals surface area contributed by atoms with Gasteiger partial charge in [0.15, 0.2) is 0 Å². The van der Waals surface area contributed by atoms with Gasteiger partial charge in [0, 0.05) is 79.0 Å². The number of halogens is 1. The summed E-state index contributed by atoms with van der Waals surface area (Å²) in [5.41, 5.74) is 6.56. The number of nitrogens with one attached hydrogen (secondary N) is 1. The van der Waals surface area contributed by atoms with Crippen LogP contribution in [0.5, 0.6) is 0 Å². The Bertz CT molecular complexity index is 1420. The number of nitrogens with zero attached hydrogens (tertiary/aromatic N) is 5. The number of benzene rings is 2. The molecule has 0 radical (unpaired) electrons. The van der Waals surface area contributed by atoms with Gasteiger partial charge >= 0.3 is 0 Å². The molecule has 1 saturated heterocycles. The highest BCUT2D eigenvalue weighted by molar-refractivity contribution is 9.10. The van der Waals surface area contributed by atoms with E-state index in [9.17, 15) is 4.79 Å². The fraction of sp³-hybridized carbons (Fsp3) is 0.267. The van der Waals surface area contributed by atoms with E-state index in [2.05, 4.69) is 67.1 Å². The normalized spacial score (nSPS) is 14.4. The van der Waals surface area contributed by atoms with E-state index >= 15 is 0 Å². The number of pyridine rings is 1. The number of amides is 1. The van der Waals surface area contributed by atoms with Crippen molar-refractivity contribution >= 4 is 27.5 Å². The summed E-state index contributed by atoms with van der Waals surface area (Å²) in [6.45, 7) is 7.31. The third kappa shape index (κ3) is 6.69. The van der Waals surface area contributed by atoms with Crippen LogP contribution in [0.3, 0.4) is 0 Å². The average molecular weight is 572 g/mol. The first-order valence-corrected chi connectivity index (χ1v) is 13.6. The zero-order chi connectivity index (χ0) is 26.5. The molecule has 8 heteroatoms. The molecule has 0 atom stereocenters. The van der Waals surface area contributed by atoms with Crippen LogP contribution in [-0.2, 0) is 13.0 Å². The molecule has 194 valence electrons. The van der Waals surface area contributed by atoms with Crippen LogP contribution in [0, 0.1) is 6.92 Å². The third-order valence-electron chi connectivity index (χ3n) is 6.88.